The highest BCUT2D eigenvalue weighted by Gasteiger charge is 2.15. The van der Waals surface area contributed by atoms with Crippen molar-refractivity contribution in [3.63, 3.8) is 0 Å². The maximum atomic E-state index is 13.9. The summed E-state index contributed by atoms with van der Waals surface area (Å²) in [6.07, 6.45) is 3.34. The van der Waals surface area contributed by atoms with Gasteiger partial charge in [0.1, 0.15) is 17.1 Å². The first-order valence-electron chi connectivity index (χ1n) is 9.55. The van der Waals surface area contributed by atoms with Gasteiger partial charge in [0.05, 0.1) is 17.6 Å². The Morgan fingerprint density at radius 3 is 2.55 bits per heavy atom. The van der Waals surface area contributed by atoms with Gasteiger partial charge in [0.15, 0.2) is 11.6 Å². The standard InChI is InChI=1S/C24H16F2N4O/c25-18-10-11-21(20(26)13-18)28-27-14-17-15-30(19-7-2-1-3-8-19)29-24(17)23-12-16-6-4-5-9-22(16)31-23/h1-15,28H/b27-14+. The number of anilines is 1. The monoisotopic (exact) mass is 414 g/mol. The Balaban J connectivity index is 1.53. The highest BCUT2D eigenvalue weighted by atomic mass is 19.1. The Bertz CT molecular complexity index is 1360. The summed E-state index contributed by atoms with van der Waals surface area (Å²) < 4.78 is 34.7. The minimum atomic E-state index is -0.727. The molecule has 152 valence electrons. The van der Waals surface area contributed by atoms with E-state index in [-0.39, 0.29) is 5.69 Å². The van der Waals surface area contributed by atoms with Crippen LogP contribution in [-0.4, -0.2) is 16.0 Å². The lowest BCUT2D eigenvalue weighted by Gasteiger charge is -2.01. The molecule has 0 aliphatic rings. The lowest BCUT2D eigenvalue weighted by molar-refractivity contribution is 0.585. The maximum Gasteiger partial charge on any atom is 0.156 e. The molecule has 0 fully saturated rings. The fourth-order valence-electron chi connectivity index (χ4n) is 3.24. The number of hydrogen-bond donors (Lipinski definition) is 1. The van der Waals surface area contributed by atoms with Gasteiger partial charge in [-0.2, -0.15) is 10.2 Å². The van der Waals surface area contributed by atoms with Gasteiger partial charge in [-0.25, -0.2) is 13.5 Å². The van der Waals surface area contributed by atoms with E-state index in [1.807, 2.05) is 66.9 Å². The summed E-state index contributed by atoms with van der Waals surface area (Å²) in [4.78, 5) is 0. The van der Waals surface area contributed by atoms with E-state index in [1.165, 1.54) is 12.3 Å². The van der Waals surface area contributed by atoms with E-state index in [0.29, 0.717) is 17.0 Å². The summed E-state index contributed by atoms with van der Waals surface area (Å²) in [6, 6.07) is 22.5. The van der Waals surface area contributed by atoms with Crippen LogP contribution in [0.15, 0.2) is 94.6 Å². The quantitative estimate of drug-likeness (QED) is 0.283. The van der Waals surface area contributed by atoms with E-state index in [1.54, 1.807) is 4.68 Å². The third-order valence-corrected chi connectivity index (χ3v) is 4.74. The predicted molar refractivity (Wildman–Crippen MR) is 116 cm³/mol. The highest BCUT2D eigenvalue weighted by Crippen LogP contribution is 2.29. The Morgan fingerprint density at radius 1 is 0.935 bits per heavy atom. The van der Waals surface area contributed by atoms with Crippen molar-refractivity contribution in [3.8, 4) is 17.1 Å². The zero-order valence-corrected chi connectivity index (χ0v) is 16.2. The second-order valence-electron chi connectivity index (χ2n) is 6.86. The number of benzene rings is 3. The molecule has 0 saturated heterocycles. The number of para-hydroxylation sites is 2. The average Bonchev–Trinajstić information content (AvgIpc) is 3.40. The molecule has 5 rings (SSSR count). The molecule has 0 aliphatic carbocycles. The molecule has 0 radical (unpaired) electrons. The van der Waals surface area contributed by atoms with Crippen molar-refractivity contribution in [1.82, 2.24) is 9.78 Å². The van der Waals surface area contributed by atoms with Crippen LogP contribution in [0.25, 0.3) is 28.1 Å². The van der Waals surface area contributed by atoms with E-state index < -0.39 is 11.6 Å². The summed E-state index contributed by atoms with van der Waals surface area (Å²) in [7, 11) is 0. The Kier molecular flexibility index (Phi) is 4.76. The van der Waals surface area contributed by atoms with E-state index in [2.05, 4.69) is 15.6 Å². The van der Waals surface area contributed by atoms with Gasteiger partial charge in [-0.05, 0) is 36.4 Å². The number of halogens is 2. The lowest BCUT2D eigenvalue weighted by atomic mass is 10.2. The number of nitrogens with one attached hydrogen (secondary N) is 1. The first-order chi connectivity index (χ1) is 15.2. The SMILES string of the molecule is Fc1ccc(N/N=C/c2cn(-c3ccccc3)nc2-c2cc3ccccc3o2)c(F)c1. The molecule has 2 heterocycles. The molecule has 31 heavy (non-hydrogen) atoms. The van der Waals surface area contributed by atoms with Crippen LogP contribution in [0.1, 0.15) is 5.56 Å². The Hall–Kier alpha value is -4.26. The summed E-state index contributed by atoms with van der Waals surface area (Å²) in [5, 5.41) is 9.76. The summed E-state index contributed by atoms with van der Waals surface area (Å²) in [5.74, 6) is -0.789. The van der Waals surface area contributed by atoms with E-state index in [0.717, 1.165) is 28.8 Å². The molecule has 3 aromatic carbocycles. The molecule has 1 N–H and O–H groups in total. The van der Waals surface area contributed by atoms with Crippen molar-refractivity contribution in [1.29, 1.82) is 0 Å². The topological polar surface area (TPSA) is 55.4 Å². The fourth-order valence-corrected chi connectivity index (χ4v) is 3.24. The number of furan rings is 1. The van der Waals surface area contributed by atoms with Gasteiger partial charge in [0.25, 0.3) is 0 Å². The van der Waals surface area contributed by atoms with Crippen LogP contribution in [0.3, 0.4) is 0 Å². The number of nitrogens with zero attached hydrogens (tertiary/aromatic N) is 3. The Morgan fingerprint density at radius 2 is 1.74 bits per heavy atom. The van der Waals surface area contributed by atoms with Crippen LogP contribution in [0.5, 0.6) is 0 Å². The van der Waals surface area contributed by atoms with Crippen molar-refractivity contribution in [2.75, 3.05) is 5.43 Å². The molecule has 5 aromatic rings. The van der Waals surface area contributed by atoms with Gasteiger partial charge in [-0.3, -0.25) is 5.43 Å². The molecule has 0 aliphatic heterocycles. The van der Waals surface area contributed by atoms with Crippen LogP contribution >= 0.6 is 0 Å². The zero-order valence-electron chi connectivity index (χ0n) is 16.2. The number of rotatable bonds is 5. The van der Waals surface area contributed by atoms with Crippen molar-refractivity contribution < 1.29 is 13.2 Å². The molecule has 0 bridgehead atoms. The molecule has 0 amide bonds. The molecule has 0 spiro atoms. The molecule has 0 unspecified atom stereocenters. The highest BCUT2D eigenvalue weighted by molar-refractivity contribution is 5.91. The van der Waals surface area contributed by atoms with Gasteiger partial charge in [0.2, 0.25) is 0 Å². The van der Waals surface area contributed by atoms with Gasteiger partial charge < -0.3 is 4.42 Å². The average molecular weight is 414 g/mol. The first-order valence-corrected chi connectivity index (χ1v) is 9.55. The van der Waals surface area contributed by atoms with Gasteiger partial charge in [-0.15, -0.1) is 0 Å². The second-order valence-corrected chi connectivity index (χ2v) is 6.86. The van der Waals surface area contributed by atoms with Crippen LogP contribution in [-0.2, 0) is 0 Å². The van der Waals surface area contributed by atoms with Gasteiger partial charge in [0, 0.05) is 23.2 Å². The normalized spacial score (nSPS) is 11.4. The van der Waals surface area contributed by atoms with E-state index in [9.17, 15) is 8.78 Å². The van der Waals surface area contributed by atoms with E-state index in [4.69, 9.17) is 4.42 Å². The van der Waals surface area contributed by atoms with Crippen molar-refractivity contribution >= 4 is 22.9 Å². The molecule has 5 nitrogen and oxygen atoms in total. The smallest absolute Gasteiger partial charge is 0.156 e. The largest absolute Gasteiger partial charge is 0.454 e. The number of fused-ring (bicyclic) bond motifs is 1. The summed E-state index contributed by atoms with van der Waals surface area (Å²) in [5.41, 5.74) is 5.55. The third kappa shape index (κ3) is 3.81. The van der Waals surface area contributed by atoms with Crippen LogP contribution < -0.4 is 5.43 Å². The molecular formula is C24H16F2N4O. The van der Waals surface area contributed by atoms with Crippen LogP contribution in [0.4, 0.5) is 14.5 Å². The Labute approximate surface area is 176 Å². The zero-order chi connectivity index (χ0) is 21.2. The van der Waals surface area contributed by atoms with Crippen LogP contribution in [0.2, 0.25) is 0 Å². The molecule has 0 atom stereocenters. The van der Waals surface area contributed by atoms with Crippen molar-refractivity contribution in [3.05, 3.63) is 102 Å². The molecular weight excluding hydrogens is 398 g/mol. The predicted octanol–water partition coefficient (Wildman–Crippen LogP) is 6.01. The van der Waals surface area contributed by atoms with Crippen molar-refractivity contribution in [2.24, 2.45) is 5.10 Å². The lowest BCUT2D eigenvalue weighted by Crippen LogP contribution is -1.94. The number of hydrazone groups is 1. The third-order valence-electron chi connectivity index (χ3n) is 4.74. The minimum Gasteiger partial charge on any atom is -0.454 e. The van der Waals surface area contributed by atoms with Gasteiger partial charge in [-0.1, -0.05) is 36.4 Å². The second kappa shape index (κ2) is 7.87. The summed E-state index contributed by atoms with van der Waals surface area (Å²) in [6.45, 7) is 0. The van der Waals surface area contributed by atoms with Crippen molar-refractivity contribution in [2.45, 2.75) is 0 Å². The van der Waals surface area contributed by atoms with Gasteiger partial charge >= 0.3 is 0 Å². The molecule has 0 saturated carbocycles. The number of aromatic nitrogens is 2. The minimum absolute atomic E-state index is 0.0680. The first kappa shape index (κ1) is 18.7. The van der Waals surface area contributed by atoms with Crippen LogP contribution in [0, 0.1) is 11.6 Å². The molecule has 2 aromatic heterocycles. The molecule has 7 heteroatoms. The fraction of sp³-hybridized carbons (Fsp3) is 0. The van der Waals surface area contributed by atoms with E-state index >= 15 is 0 Å². The maximum absolute atomic E-state index is 13.9. The number of hydrogen-bond acceptors (Lipinski definition) is 4. The summed E-state index contributed by atoms with van der Waals surface area (Å²) >= 11 is 0.